The van der Waals surface area contributed by atoms with Crippen LogP contribution in [0.5, 0.6) is 0 Å². The molecule has 20 heavy (non-hydrogen) atoms. The quantitative estimate of drug-likeness (QED) is 0.345. The molecule has 6 nitrogen and oxygen atoms in total. The van der Waals surface area contributed by atoms with Gasteiger partial charge in [0.05, 0.1) is 0 Å². The SMILES string of the molecule is CCCCCCCCCCC1OOC1(C(=O)O)C(=O)O. The van der Waals surface area contributed by atoms with Crippen LogP contribution >= 0.6 is 0 Å². The number of carboxylic acid groups (broad SMARTS) is 2. The third-order valence-corrected chi connectivity index (χ3v) is 3.70. The van der Waals surface area contributed by atoms with Crippen molar-refractivity contribution in [1.82, 2.24) is 0 Å². The summed E-state index contributed by atoms with van der Waals surface area (Å²) < 4.78 is 0. The monoisotopic (exact) mass is 288 g/mol. The van der Waals surface area contributed by atoms with Crippen LogP contribution in [-0.4, -0.2) is 33.9 Å². The van der Waals surface area contributed by atoms with Crippen LogP contribution in [0.4, 0.5) is 0 Å². The van der Waals surface area contributed by atoms with Crippen molar-refractivity contribution >= 4 is 11.9 Å². The van der Waals surface area contributed by atoms with Crippen LogP contribution < -0.4 is 0 Å². The van der Waals surface area contributed by atoms with Crippen molar-refractivity contribution in [3.63, 3.8) is 0 Å². The predicted molar refractivity (Wildman–Crippen MR) is 71.2 cm³/mol. The second kappa shape index (κ2) is 8.21. The van der Waals surface area contributed by atoms with Crippen molar-refractivity contribution in [2.75, 3.05) is 0 Å². The first-order chi connectivity index (χ1) is 9.55. The molecular formula is C14H24O6. The first kappa shape index (κ1) is 16.9. The van der Waals surface area contributed by atoms with E-state index in [1.807, 2.05) is 0 Å². The highest BCUT2D eigenvalue weighted by molar-refractivity contribution is 6.03. The van der Waals surface area contributed by atoms with Crippen LogP contribution in [0, 0.1) is 0 Å². The van der Waals surface area contributed by atoms with Crippen LogP contribution in [0.25, 0.3) is 0 Å². The highest BCUT2D eigenvalue weighted by Crippen LogP contribution is 2.34. The molecule has 0 aromatic carbocycles. The van der Waals surface area contributed by atoms with Gasteiger partial charge in [-0.05, 0) is 6.42 Å². The van der Waals surface area contributed by atoms with Crippen LogP contribution in [-0.2, 0) is 19.4 Å². The summed E-state index contributed by atoms with van der Waals surface area (Å²) in [5.74, 6) is -3.00. The van der Waals surface area contributed by atoms with Crippen molar-refractivity contribution in [3.8, 4) is 0 Å². The molecule has 1 unspecified atom stereocenters. The molecule has 0 spiro atoms. The molecule has 0 amide bonds. The lowest BCUT2D eigenvalue weighted by Crippen LogP contribution is -2.66. The molecule has 6 heteroatoms. The Kier molecular flexibility index (Phi) is 6.95. The maximum absolute atomic E-state index is 11.0. The fraction of sp³-hybridized carbons (Fsp3) is 0.857. The van der Waals surface area contributed by atoms with Gasteiger partial charge in [0.2, 0.25) is 0 Å². The predicted octanol–water partition coefficient (Wildman–Crippen LogP) is 2.76. The Balaban J connectivity index is 2.16. The van der Waals surface area contributed by atoms with Gasteiger partial charge in [0.15, 0.2) is 0 Å². The Bertz CT molecular complexity index is 314. The van der Waals surface area contributed by atoms with Gasteiger partial charge in [-0.1, -0.05) is 58.3 Å². The van der Waals surface area contributed by atoms with Gasteiger partial charge < -0.3 is 10.2 Å². The number of aliphatic carboxylic acids is 2. The maximum atomic E-state index is 11.0. The van der Waals surface area contributed by atoms with Crippen LogP contribution in [0.2, 0.25) is 0 Å². The topological polar surface area (TPSA) is 93.1 Å². The Morgan fingerprint density at radius 2 is 1.45 bits per heavy atom. The van der Waals surface area contributed by atoms with Crippen LogP contribution in [0.1, 0.15) is 64.7 Å². The second-order valence-electron chi connectivity index (χ2n) is 5.28. The molecule has 0 saturated carbocycles. The number of carboxylic acids is 2. The minimum atomic E-state index is -2.21. The Hall–Kier alpha value is -1.14. The van der Waals surface area contributed by atoms with E-state index in [0.29, 0.717) is 6.42 Å². The third kappa shape index (κ3) is 3.93. The highest BCUT2D eigenvalue weighted by atomic mass is 17.3. The lowest BCUT2D eigenvalue weighted by Gasteiger charge is -2.39. The van der Waals surface area contributed by atoms with Crippen LogP contribution in [0.15, 0.2) is 0 Å². The molecule has 1 saturated heterocycles. The number of hydrogen-bond acceptors (Lipinski definition) is 4. The van der Waals surface area contributed by atoms with Crippen molar-refractivity contribution in [3.05, 3.63) is 0 Å². The minimum Gasteiger partial charge on any atom is -0.478 e. The molecule has 0 aromatic heterocycles. The van der Waals surface area contributed by atoms with Gasteiger partial charge in [-0.3, -0.25) is 0 Å². The van der Waals surface area contributed by atoms with E-state index < -0.39 is 23.6 Å². The van der Waals surface area contributed by atoms with E-state index in [1.165, 1.54) is 32.1 Å². The first-order valence-corrected chi connectivity index (χ1v) is 7.37. The van der Waals surface area contributed by atoms with Gasteiger partial charge in [-0.15, -0.1) is 0 Å². The number of unbranched alkanes of at least 4 members (excludes halogenated alkanes) is 7. The molecule has 1 aliphatic heterocycles. The zero-order valence-corrected chi connectivity index (χ0v) is 12.0. The number of carbonyl (C=O) groups is 2. The van der Waals surface area contributed by atoms with Crippen molar-refractivity contribution < 1.29 is 29.6 Å². The highest BCUT2D eigenvalue weighted by Gasteiger charge is 2.64. The minimum absolute atomic E-state index is 0.396. The van der Waals surface area contributed by atoms with E-state index in [4.69, 9.17) is 10.2 Å². The first-order valence-electron chi connectivity index (χ1n) is 7.37. The summed E-state index contributed by atoms with van der Waals surface area (Å²) in [5.41, 5.74) is -2.21. The zero-order valence-electron chi connectivity index (χ0n) is 12.0. The van der Waals surface area contributed by atoms with Gasteiger partial charge in [0.25, 0.3) is 0 Å². The molecule has 0 radical (unpaired) electrons. The van der Waals surface area contributed by atoms with E-state index in [1.54, 1.807) is 0 Å². The largest absolute Gasteiger partial charge is 0.478 e. The Morgan fingerprint density at radius 1 is 0.950 bits per heavy atom. The molecule has 116 valence electrons. The Morgan fingerprint density at radius 3 is 1.85 bits per heavy atom. The molecule has 0 bridgehead atoms. The molecule has 0 aliphatic carbocycles. The summed E-state index contributed by atoms with van der Waals surface area (Å²) in [5, 5.41) is 17.9. The zero-order chi connectivity index (χ0) is 15.0. The molecule has 1 heterocycles. The van der Waals surface area contributed by atoms with E-state index in [-0.39, 0.29) is 0 Å². The molecule has 2 N–H and O–H groups in total. The molecule has 0 aromatic rings. The van der Waals surface area contributed by atoms with Gasteiger partial charge in [0.1, 0.15) is 6.10 Å². The van der Waals surface area contributed by atoms with E-state index in [9.17, 15) is 9.59 Å². The average Bonchev–Trinajstić information content (AvgIpc) is 2.35. The Labute approximate surface area is 119 Å². The van der Waals surface area contributed by atoms with Gasteiger partial charge >= 0.3 is 17.5 Å². The summed E-state index contributed by atoms with van der Waals surface area (Å²) in [7, 11) is 0. The molecule has 1 fully saturated rings. The number of hydrogen-bond donors (Lipinski definition) is 2. The fourth-order valence-corrected chi connectivity index (χ4v) is 2.37. The lowest BCUT2D eigenvalue weighted by molar-refractivity contribution is -0.484. The number of rotatable bonds is 11. The van der Waals surface area contributed by atoms with E-state index in [0.717, 1.165) is 19.3 Å². The molecule has 1 aliphatic rings. The van der Waals surface area contributed by atoms with Crippen molar-refractivity contribution in [2.45, 2.75) is 76.4 Å². The summed E-state index contributed by atoms with van der Waals surface area (Å²) >= 11 is 0. The van der Waals surface area contributed by atoms with Gasteiger partial charge in [0, 0.05) is 0 Å². The average molecular weight is 288 g/mol. The van der Waals surface area contributed by atoms with Crippen molar-refractivity contribution in [1.29, 1.82) is 0 Å². The summed E-state index contributed by atoms with van der Waals surface area (Å²) in [6.07, 6.45) is 8.47. The summed E-state index contributed by atoms with van der Waals surface area (Å²) in [4.78, 5) is 31.1. The molecular weight excluding hydrogens is 264 g/mol. The van der Waals surface area contributed by atoms with Crippen molar-refractivity contribution in [2.24, 2.45) is 0 Å². The fourth-order valence-electron chi connectivity index (χ4n) is 2.37. The smallest absolute Gasteiger partial charge is 0.354 e. The summed E-state index contributed by atoms with van der Waals surface area (Å²) in [6, 6.07) is 0. The van der Waals surface area contributed by atoms with Gasteiger partial charge in [-0.25, -0.2) is 19.4 Å². The third-order valence-electron chi connectivity index (χ3n) is 3.70. The lowest BCUT2D eigenvalue weighted by atomic mass is 9.90. The standard InChI is InChI=1S/C14H24O6/c1-2-3-4-5-6-7-8-9-10-11-14(12(15)16,13(17)18)20-19-11/h11H,2-10H2,1H3,(H,15,16)(H,17,18). The van der Waals surface area contributed by atoms with Crippen LogP contribution in [0.3, 0.4) is 0 Å². The van der Waals surface area contributed by atoms with Gasteiger partial charge in [-0.2, -0.15) is 0 Å². The molecule has 1 rings (SSSR count). The van der Waals surface area contributed by atoms with E-state index in [2.05, 4.69) is 16.7 Å². The summed E-state index contributed by atoms with van der Waals surface area (Å²) in [6.45, 7) is 2.18. The second-order valence-corrected chi connectivity index (χ2v) is 5.28. The maximum Gasteiger partial charge on any atom is 0.354 e. The molecule has 1 atom stereocenters. The van der Waals surface area contributed by atoms with E-state index >= 15 is 0 Å². The normalized spacial score (nSPS) is 20.4.